The molecule has 2 rings (SSSR count). The molecule has 1 fully saturated rings. The normalized spacial score (nSPS) is 13.8. The van der Waals surface area contributed by atoms with Crippen LogP contribution in [0.25, 0.3) is 0 Å². The van der Waals surface area contributed by atoms with E-state index in [0.717, 1.165) is 0 Å². The molecule has 9 heteroatoms. The van der Waals surface area contributed by atoms with Crippen molar-refractivity contribution in [2.75, 3.05) is 47.0 Å². The van der Waals surface area contributed by atoms with Crippen molar-refractivity contribution in [1.29, 1.82) is 5.26 Å². The first-order valence-electron chi connectivity index (χ1n) is 10.8. The lowest BCUT2D eigenvalue weighted by atomic mass is 9.97. The van der Waals surface area contributed by atoms with Gasteiger partial charge >= 0.3 is 5.97 Å². The Hall–Kier alpha value is -3.28. The number of ether oxygens (including phenoxy) is 3. The van der Waals surface area contributed by atoms with Crippen LogP contribution in [-0.4, -0.2) is 74.6 Å². The van der Waals surface area contributed by atoms with Gasteiger partial charge in [-0.25, -0.2) is 0 Å². The molecule has 0 saturated carbocycles. The number of amides is 2. The Kier molecular flexibility index (Phi) is 9.79. The molecule has 1 aromatic carbocycles. The third-order valence-electron chi connectivity index (χ3n) is 5.35. The number of hydrogen-bond donors (Lipinski definition) is 0. The maximum absolute atomic E-state index is 12.5. The highest BCUT2D eigenvalue weighted by atomic mass is 16.5. The van der Waals surface area contributed by atoms with Crippen LogP contribution in [0.5, 0.6) is 11.5 Å². The highest BCUT2D eigenvalue weighted by Gasteiger charge is 2.28. The molecule has 0 aliphatic carbocycles. The van der Waals surface area contributed by atoms with Crippen molar-refractivity contribution in [3.63, 3.8) is 0 Å². The zero-order valence-corrected chi connectivity index (χ0v) is 19.0. The Labute approximate surface area is 188 Å². The third-order valence-corrected chi connectivity index (χ3v) is 5.35. The van der Waals surface area contributed by atoms with Crippen LogP contribution in [0, 0.1) is 17.2 Å². The molecule has 1 aliphatic rings. The molecular formula is C23H31N3O6. The van der Waals surface area contributed by atoms with Crippen LogP contribution in [0.4, 0.5) is 0 Å². The molecule has 0 radical (unpaired) electrons. The molecule has 0 bridgehead atoms. The SMILES string of the molecule is CCOC(=O)C1CCN(C(=O)CN(C)C(=O)CCCOc2ccc(C#N)cc2OC)CC1. The van der Waals surface area contributed by atoms with Gasteiger partial charge in [-0.1, -0.05) is 0 Å². The zero-order valence-electron chi connectivity index (χ0n) is 19.0. The van der Waals surface area contributed by atoms with Crippen molar-refractivity contribution in [3.05, 3.63) is 23.8 Å². The van der Waals surface area contributed by atoms with Crippen LogP contribution < -0.4 is 9.47 Å². The van der Waals surface area contributed by atoms with Gasteiger partial charge in [0.2, 0.25) is 11.8 Å². The Bertz CT molecular complexity index is 843. The van der Waals surface area contributed by atoms with E-state index in [9.17, 15) is 14.4 Å². The van der Waals surface area contributed by atoms with Crippen molar-refractivity contribution in [1.82, 2.24) is 9.80 Å². The van der Waals surface area contributed by atoms with E-state index in [1.165, 1.54) is 12.0 Å². The third kappa shape index (κ3) is 7.15. The van der Waals surface area contributed by atoms with Crippen molar-refractivity contribution < 1.29 is 28.6 Å². The lowest BCUT2D eigenvalue weighted by Gasteiger charge is -2.32. The van der Waals surface area contributed by atoms with Gasteiger partial charge in [0.05, 0.1) is 44.4 Å². The Balaban J connectivity index is 1.70. The van der Waals surface area contributed by atoms with E-state index in [-0.39, 0.29) is 36.7 Å². The second kappa shape index (κ2) is 12.5. The summed E-state index contributed by atoms with van der Waals surface area (Å²) in [6.45, 7) is 3.43. The predicted molar refractivity (Wildman–Crippen MR) is 116 cm³/mol. The molecule has 174 valence electrons. The van der Waals surface area contributed by atoms with Gasteiger partial charge in [0, 0.05) is 32.6 Å². The van der Waals surface area contributed by atoms with E-state index in [4.69, 9.17) is 19.5 Å². The molecule has 0 atom stereocenters. The summed E-state index contributed by atoms with van der Waals surface area (Å²) in [6, 6.07) is 6.93. The number of carbonyl (C=O) groups excluding carboxylic acids is 3. The van der Waals surface area contributed by atoms with Gasteiger partial charge in [-0.3, -0.25) is 14.4 Å². The number of likely N-dealkylation sites (tertiary alicyclic amines) is 1. The molecule has 1 aromatic rings. The molecule has 9 nitrogen and oxygen atoms in total. The molecule has 2 amide bonds. The van der Waals surface area contributed by atoms with E-state index in [1.54, 1.807) is 37.1 Å². The van der Waals surface area contributed by atoms with Gasteiger partial charge < -0.3 is 24.0 Å². The zero-order chi connectivity index (χ0) is 23.5. The number of methoxy groups -OCH3 is 1. The number of carbonyl (C=O) groups is 3. The first-order chi connectivity index (χ1) is 15.4. The van der Waals surface area contributed by atoms with Crippen molar-refractivity contribution in [2.45, 2.75) is 32.6 Å². The summed E-state index contributed by atoms with van der Waals surface area (Å²) in [5.41, 5.74) is 0.473. The number of benzene rings is 1. The van der Waals surface area contributed by atoms with Gasteiger partial charge in [0.25, 0.3) is 0 Å². The smallest absolute Gasteiger partial charge is 0.309 e. The summed E-state index contributed by atoms with van der Waals surface area (Å²) in [5, 5.41) is 8.94. The maximum Gasteiger partial charge on any atom is 0.309 e. The van der Waals surface area contributed by atoms with Crippen LogP contribution in [-0.2, 0) is 19.1 Å². The minimum Gasteiger partial charge on any atom is -0.493 e. The van der Waals surface area contributed by atoms with Crippen molar-refractivity contribution in [3.8, 4) is 17.6 Å². The summed E-state index contributed by atoms with van der Waals surface area (Å²) >= 11 is 0. The van der Waals surface area contributed by atoms with Gasteiger partial charge in [0.1, 0.15) is 0 Å². The average molecular weight is 446 g/mol. The largest absolute Gasteiger partial charge is 0.493 e. The number of hydrogen-bond acceptors (Lipinski definition) is 7. The molecule has 0 N–H and O–H groups in total. The average Bonchev–Trinajstić information content (AvgIpc) is 2.81. The van der Waals surface area contributed by atoms with E-state index in [2.05, 4.69) is 0 Å². The number of piperidine rings is 1. The van der Waals surface area contributed by atoms with E-state index < -0.39 is 0 Å². The molecule has 1 aliphatic heterocycles. The van der Waals surface area contributed by atoms with Gasteiger partial charge in [-0.15, -0.1) is 0 Å². The fourth-order valence-corrected chi connectivity index (χ4v) is 3.47. The van der Waals surface area contributed by atoms with E-state index in [1.807, 2.05) is 6.07 Å². The molecule has 1 saturated heterocycles. The van der Waals surface area contributed by atoms with Gasteiger partial charge in [-0.2, -0.15) is 5.26 Å². The fourth-order valence-electron chi connectivity index (χ4n) is 3.47. The van der Waals surface area contributed by atoms with Crippen LogP contribution >= 0.6 is 0 Å². The first-order valence-corrected chi connectivity index (χ1v) is 10.8. The number of likely N-dealkylation sites (N-methyl/N-ethyl adjacent to an activating group) is 1. The first kappa shape index (κ1) is 25.0. The Morgan fingerprint density at radius 3 is 2.56 bits per heavy atom. The number of nitrogens with zero attached hydrogens (tertiary/aromatic N) is 3. The van der Waals surface area contributed by atoms with Crippen molar-refractivity contribution in [2.24, 2.45) is 5.92 Å². The highest BCUT2D eigenvalue weighted by Crippen LogP contribution is 2.28. The molecule has 0 spiro atoms. The van der Waals surface area contributed by atoms with Gasteiger partial charge in [-0.05, 0) is 38.3 Å². The fraction of sp³-hybridized carbons (Fsp3) is 0.565. The van der Waals surface area contributed by atoms with Crippen LogP contribution in [0.15, 0.2) is 18.2 Å². The summed E-state index contributed by atoms with van der Waals surface area (Å²) in [5.74, 6) is 0.344. The van der Waals surface area contributed by atoms with E-state index >= 15 is 0 Å². The summed E-state index contributed by atoms with van der Waals surface area (Å²) in [7, 11) is 3.11. The van der Waals surface area contributed by atoms with Crippen LogP contribution in [0.2, 0.25) is 0 Å². The topological polar surface area (TPSA) is 109 Å². The molecule has 0 aromatic heterocycles. The van der Waals surface area contributed by atoms with Crippen LogP contribution in [0.3, 0.4) is 0 Å². The Morgan fingerprint density at radius 1 is 1.22 bits per heavy atom. The standard InChI is InChI=1S/C23H31N3O6/c1-4-31-23(29)18-9-11-26(12-10-18)22(28)16-25(2)21(27)6-5-13-32-19-8-7-17(15-24)14-20(19)30-3/h7-8,14,18H,4-6,9-13,16H2,1-3H3. The number of nitriles is 1. The van der Waals surface area contributed by atoms with E-state index in [0.29, 0.717) is 62.6 Å². The summed E-state index contributed by atoms with van der Waals surface area (Å²) < 4.78 is 15.9. The van der Waals surface area contributed by atoms with Gasteiger partial charge in [0.15, 0.2) is 11.5 Å². The number of esters is 1. The Morgan fingerprint density at radius 2 is 1.94 bits per heavy atom. The second-order valence-electron chi connectivity index (χ2n) is 7.59. The minimum atomic E-state index is -0.201. The number of rotatable bonds is 10. The summed E-state index contributed by atoms with van der Waals surface area (Å²) in [6.07, 6.45) is 1.88. The molecule has 0 unspecified atom stereocenters. The second-order valence-corrected chi connectivity index (χ2v) is 7.59. The monoisotopic (exact) mass is 445 g/mol. The highest BCUT2D eigenvalue weighted by molar-refractivity contribution is 5.85. The predicted octanol–water partition coefficient (Wildman–Crippen LogP) is 1.99. The maximum atomic E-state index is 12.5. The lowest BCUT2D eigenvalue weighted by Crippen LogP contribution is -2.45. The summed E-state index contributed by atoms with van der Waals surface area (Å²) in [4.78, 5) is 39.8. The molecule has 1 heterocycles. The van der Waals surface area contributed by atoms with Crippen LogP contribution in [0.1, 0.15) is 38.2 Å². The molecular weight excluding hydrogens is 414 g/mol. The minimum absolute atomic E-state index is 0.00715. The van der Waals surface area contributed by atoms with Crippen molar-refractivity contribution >= 4 is 17.8 Å². The quantitative estimate of drug-likeness (QED) is 0.400. The molecule has 32 heavy (non-hydrogen) atoms. The lowest BCUT2D eigenvalue weighted by molar-refractivity contribution is -0.151.